The number of nitrogens with one attached hydrogen (secondary N) is 1. The molecule has 34 heavy (non-hydrogen) atoms. The SMILES string of the molecule is CCCCn1c(N)c(N(Cc2ccccc2OC)C(=O)/C=C/c2cccc(Cl)c2)c(=O)[nH]c1=O. The van der Waals surface area contributed by atoms with Crippen LogP contribution >= 0.6 is 11.6 Å². The first-order chi connectivity index (χ1) is 16.3. The molecule has 2 aromatic carbocycles. The molecule has 0 aliphatic rings. The standard InChI is InChI=1S/C25H27ClN4O4/c1-3-4-14-29-23(27)22(24(32)28-25(29)33)30(16-18-9-5-6-11-20(18)34-2)21(31)13-12-17-8-7-10-19(26)15-17/h5-13,15H,3-4,14,16,27H2,1-2H3,(H,28,32,33)/b13-12+. The summed E-state index contributed by atoms with van der Waals surface area (Å²) in [5.41, 5.74) is 6.23. The zero-order valence-corrected chi connectivity index (χ0v) is 19.8. The van der Waals surface area contributed by atoms with Crippen molar-refractivity contribution in [3.8, 4) is 5.75 Å². The van der Waals surface area contributed by atoms with Crippen molar-refractivity contribution in [3.63, 3.8) is 0 Å². The van der Waals surface area contributed by atoms with E-state index in [9.17, 15) is 14.4 Å². The predicted molar refractivity (Wildman–Crippen MR) is 135 cm³/mol. The molecule has 1 aromatic heterocycles. The van der Waals surface area contributed by atoms with Gasteiger partial charge in [-0.15, -0.1) is 0 Å². The summed E-state index contributed by atoms with van der Waals surface area (Å²) < 4.78 is 6.70. The van der Waals surface area contributed by atoms with Crippen molar-refractivity contribution >= 4 is 35.1 Å². The van der Waals surface area contributed by atoms with Gasteiger partial charge in [0.1, 0.15) is 11.6 Å². The van der Waals surface area contributed by atoms with E-state index < -0.39 is 17.2 Å². The second kappa shape index (κ2) is 11.4. The number of carbonyl (C=O) groups excluding carboxylic acids is 1. The van der Waals surface area contributed by atoms with Crippen LogP contribution in [0.25, 0.3) is 6.08 Å². The number of hydrogen-bond donors (Lipinski definition) is 2. The largest absolute Gasteiger partial charge is 0.496 e. The number of nitrogen functional groups attached to an aromatic ring is 1. The summed E-state index contributed by atoms with van der Waals surface area (Å²) in [6.07, 6.45) is 4.44. The molecule has 9 heteroatoms. The summed E-state index contributed by atoms with van der Waals surface area (Å²) >= 11 is 6.04. The van der Waals surface area contributed by atoms with Gasteiger partial charge in [-0.25, -0.2) is 4.79 Å². The van der Waals surface area contributed by atoms with Crippen molar-refractivity contribution in [2.45, 2.75) is 32.9 Å². The maximum absolute atomic E-state index is 13.4. The highest BCUT2D eigenvalue weighted by Gasteiger charge is 2.24. The van der Waals surface area contributed by atoms with Gasteiger partial charge in [-0.2, -0.15) is 0 Å². The third kappa shape index (κ3) is 5.77. The Bertz CT molecular complexity index is 1310. The molecule has 0 fully saturated rings. The maximum atomic E-state index is 13.4. The van der Waals surface area contributed by atoms with Crippen LogP contribution in [0.4, 0.5) is 11.5 Å². The minimum Gasteiger partial charge on any atom is -0.496 e. The number of nitrogens with zero attached hydrogens (tertiary/aromatic N) is 2. The fourth-order valence-electron chi connectivity index (χ4n) is 3.52. The minimum absolute atomic E-state index is 0.00198. The van der Waals surface area contributed by atoms with E-state index in [0.29, 0.717) is 34.9 Å². The molecule has 0 aliphatic carbocycles. The average Bonchev–Trinajstić information content (AvgIpc) is 2.82. The van der Waals surface area contributed by atoms with Crippen LogP contribution < -0.4 is 26.6 Å². The van der Waals surface area contributed by atoms with E-state index in [4.69, 9.17) is 22.1 Å². The Labute approximate surface area is 202 Å². The van der Waals surface area contributed by atoms with E-state index in [-0.39, 0.29) is 18.1 Å². The number of amides is 1. The summed E-state index contributed by atoms with van der Waals surface area (Å²) in [6, 6.07) is 14.2. The third-order valence-electron chi connectivity index (χ3n) is 5.27. The summed E-state index contributed by atoms with van der Waals surface area (Å²) in [5.74, 6) is -0.0150. The van der Waals surface area contributed by atoms with Crippen LogP contribution in [0.2, 0.25) is 5.02 Å². The molecule has 3 N–H and O–H groups in total. The number of nitrogens with two attached hydrogens (primary N) is 1. The maximum Gasteiger partial charge on any atom is 0.330 e. The number of aromatic amines is 1. The number of rotatable bonds is 9. The quantitative estimate of drug-likeness (QED) is 0.450. The van der Waals surface area contributed by atoms with Gasteiger partial charge in [0.25, 0.3) is 11.5 Å². The number of ether oxygens (including phenoxy) is 1. The minimum atomic E-state index is -0.741. The average molecular weight is 483 g/mol. The topological polar surface area (TPSA) is 110 Å². The van der Waals surface area contributed by atoms with Crippen molar-refractivity contribution in [2.75, 3.05) is 17.7 Å². The molecular formula is C25H27ClN4O4. The molecule has 0 saturated carbocycles. The van der Waals surface area contributed by atoms with Crippen LogP contribution in [0.5, 0.6) is 5.75 Å². The summed E-state index contributed by atoms with van der Waals surface area (Å²) in [4.78, 5) is 42.2. The number of anilines is 2. The first kappa shape index (κ1) is 24.9. The van der Waals surface area contributed by atoms with Crippen LogP contribution in [-0.2, 0) is 17.9 Å². The highest BCUT2D eigenvalue weighted by molar-refractivity contribution is 6.30. The molecule has 3 rings (SSSR count). The molecule has 8 nitrogen and oxygen atoms in total. The van der Waals surface area contributed by atoms with Gasteiger partial charge in [-0.1, -0.05) is 55.3 Å². The van der Waals surface area contributed by atoms with E-state index in [2.05, 4.69) is 4.98 Å². The van der Waals surface area contributed by atoms with Crippen molar-refractivity contribution in [2.24, 2.45) is 0 Å². The normalized spacial score (nSPS) is 11.0. The molecule has 0 aliphatic heterocycles. The summed E-state index contributed by atoms with van der Waals surface area (Å²) in [5, 5.41) is 0.532. The molecule has 0 radical (unpaired) electrons. The molecule has 1 heterocycles. The zero-order chi connectivity index (χ0) is 24.7. The smallest absolute Gasteiger partial charge is 0.330 e. The Morgan fingerprint density at radius 2 is 1.97 bits per heavy atom. The van der Waals surface area contributed by atoms with Gasteiger partial charge in [0.05, 0.1) is 13.7 Å². The number of para-hydroxylation sites is 1. The van der Waals surface area contributed by atoms with Crippen molar-refractivity contribution < 1.29 is 9.53 Å². The highest BCUT2D eigenvalue weighted by Crippen LogP contribution is 2.25. The highest BCUT2D eigenvalue weighted by atomic mass is 35.5. The second-order valence-corrected chi connectivity index (χ2v) is 8.06. The van der Waals surface area contributed by atoms with Crippen LogP contribution in [0, 0.1) is 0 Å². The lowest BCUT2D eigenvalue weighted by Gasteiger charge is -2.24. The lowest BCUT2D eigenvalue weighted by Crippen LogP contribution is -2.40. The van der Waals surface area contributed by atoms with Crippen LogP contribution in [0.15, 0.2) is 64.2 Å². The number of benzene rings is 2. The molecule has 0 atom stereocenters. The van der Waals surface area contributed by atoms with E-state index in [1.807, 2.05) is 6.92 Å². The Morgan fingerprint density at radius 3 is 2.68 bits per heavy atom. The van der Waals surface area contributed by atoms with Crippen LogP contribution in [-0.4, -0.2) is 22.6 Å². The van der Waals surface area contributed by atoms with Crippen molar-refractivity contribution in [3.05, 3.63) is 91.6 Å². The van der Waals surface area contributed by atoms with E-state index in [1.165, 1.54) is 22.7 Å². The number of unbranched alkanes of at least 4 members (excludes halogenated alkanes) is 1. The monoisotopic (exact) mass is 482 g/mol. The van der Waals surface area contributed by atoms with Crippen molar-refractivity contribution in [1.82, 2.24) is 9.55 Å². The fraction of sp³-hybridized carbons (Fsp3) is 0.240. The number of hydrogen-bond acceptors (Lipinski definition) is 5. The molecule has 0 saturated heterocycles. The second-order valence-electron chi connectivity index (χ2n) is 7.62. The van der Waals surface area contributed by atoms with Gasteiger partial charge >= 0.3 is 5.69 Å². The number of halogens is 1. The van der Waals surface area contributed by atoms with Gasteiger partial charge < -0.3 is 10.5 Å². The number of methoxy groups -OCH3 is 1. The summed E-state index contributed by atoms with van der Waals surface area (Å²) in [7, 11) is 1.52. The lowest BCUT2D eigenvalue weighted by molar-refractivity contribution is -0.114. The first-order valence-electron chi connectivity index (χ1n) is 10.8. The Kier molecular flexibility index (Phi) is 8.32. The number of carbonyl (C=O) groups is 1. The van der Waals surface area contributed by atoms with Gasteiger partial charge in [0.2, 0.25) is 0 Å². The van der Waals surface area contributed by atoms with Crippen molar-refractivity contribution in [1.29, 1.82) is 0 Å². The van der Waals surface area contributed by atoms with Gasteiger partial charge in [-0.05, 0) is 36.3 Å². The molecule has 3 aromatic rings. The molecule has 1 amide bonds. The Morgan fingerprint density at radius 1 is 1.21 bits per heavy atom. The van der Waals surface area contributed by atoms with E-state index in [1.54, 1.807) is 54.6 Å². The zero-order valence-electron chi connectivity index (χ0n) is 19.1. The molecular weight excluding hydrogens is 456 g/mol. The fourth-order valence-corrected chi connectivity index (χ4v) is 3.71. The Hall–Kier alpha value is -3.78. The molecule has 0 unspecified atom stereocenters. The number of aromatic nitrogens is 2. The predicted octanol–water partition coefficient (Wildman–Crippen LogP) is 3.83. The first-order valence-corrected chi connectivity index (χ1v) is 11.2. The van der Waals surface area contributed by atoms with E-state index >= 15 is 0 Å². The molecule has 0 spiro atoms. The van der Waals surface area contributed by atoms with E-state index in [0.717, 1.165) is 6.42 Å². The van der Waals surface area contributed by atoms with Gasteiger partial charge in [0.15, 0.2) is 5.69 Å². The van der Waals surface area contributed by atoms with Gasteiger partial charge in [0, 0.05) is 23.2 Å². The lowest BCUT2D eigenvalue weighted by atomic mass is 10.1. The number of H-pyrrole nitrogens is 1. The summed E-state index contributed by atoms with van der Waals surface area (Å²) in [6.45, 7) is 2.30. The van der Waals surface area contributed by atoms with Crippen LogP contribution in [0.3, 0.4) is 0 Å². The third-order valence-corrected chi connectivity index (χ3v) is 5.51. The molecule has 178 valence electrons. The Balaban J connectivity index is 2.11. The molecule has 0 bridgehead atoms. The van der Waals surface area contributed by atoms with Gasteiger partial charge in [-0.3, -0.25) is 24.0 Å². The van der Waals surface area contributed by atoms with Crippen LogP contribution in [0.1, 0.15) is 30.9 Å².